The van der Waals surface area contributed by atoms with Gasteiger partial charge in [-0.15, -0.1) is 0 Å². The standard InChI is InChI=1S/C16H25N3O2/c1-6-14(20)18-12-8-7-11(2)13(9-12)19-15(21)10-17-16(3,4)5/h7-9,17H,6,10H2,1-5H3,(H,18,20)(H,19,21). The number of aryl methyl sites for hydroxylation is 1. The van der Waals surface area contributed by atoms with Gasteiger partial charge in [0.1, 0.15) is 0 Å². The third kappa shape index (κ3) is 6.40. The average Bonchev–Trinajstić information content (AvgIpc) is 2.39. The molecular formula is C16H25N3O2. The van der Waals surface area contributed by atoms with Gasteiger partial charge in [0.25, 0.3) is 0 Å². The van der Waals surface area contributed by atoms with Crippen LogP contribution in [0, 0.1) is 6.92 Å². The van der Waals surface area contributed by atoms with Crippen LogP contribution in [0.1, 0.15) is 39.7 Å². The van der Waals surface area contributed by atoms with Gasteiger partial charge in [-0.05, 0) is 45.4 Å². The lowest BCUT2D eigenvalue weighted by atomic mass is 10.1. The second-order valence-electron chi connectivity index (χ2n) is 6.08. The summed E-state index contributed by atoms with van der Waals surface area (Å²) in [6, 6.07) is 5.47. The minimum atomic E-state index is -0.108. The number of hydrogen-bond acceptors (Lipinski definition) is 3. The molecular weight excluding hydrogens is 266 g/mol. The fourth-order valence-corrected chi connectivity index (χ4v) is 1.62. The first kappa shape index (κ1) is 17.2. The Morgan fingerprint density at radius 2 is 1.76 bits per heavy atom. The van der Waals surface area contributed by atoms with Gasteiger partial charge in [0, 0.05) is 23.3 Å². The molecule has 0 aromatic heterocycles. The van der Waals surface area contributed by atoms with E-state index in [0.717, 1.165) is 5.56 Å². The van der Waals surface area contributed by atoms with E-state index in [1.807, 2.05) is 39.8 Å². The predicted molar refractivity (Wildman–Crippen MR) is 86.5 cm³/mol. The van der Waals surface area contributed by atoms with Gasteiger partial charge >= 0.3 is 0 Å². The van der Waals surface area contributed by atoms with Crippen molar-refractivity contribution in [3.05, 3.63) is 23.8 Å². The summed E-state index contributed by atoms with van der Waals surface area (Å²) in [5.74, 6) is -0.155. The number of carbonyl (C=O) groups is 2. The molecule has 0 saturated carbocycles. The summed E-state index contributed by atoms with van der Waals surface area (Å²) in [6.07, 6.45) is 0.422. The van der Waals surface area contributed by atoms with Crippen LogP contribution in [0.2, 0.25) is 0 Å². The number of rotatable bonds is 5. The smallest absolute Gasteiger partial charge is 0.238 e. The Labute approximate surface area is 126 Å². The van der Waals surface area contributed by atoms with Gasteiger partial charge in [0.2, 0.25) is 11.8 Å². The van der Waals surface area contributed by atoms with Gasteiger partial charge < -0.3 is 16.0 Å². The monoisotopic (exact) mass is 291 g/mol. The highest BCUT2D eigenvalue weighted by molar-refractivity contribution is 5.95. The molecule has 0 atom stereocenters. The second kappa shape index (κ2) is 7.22. The molecule has 3 N–H and O–H groups in total. The van der Waals surface area contributed by atoms with E-state index >= 15 is 0 Å². The third-order valence-electron chi connectivity index (χ3n) is 2.90. The average molecular weight is 291 g/mol. The van der Waals surface area contributed by atoms with Crippen LogP contribution in [0.5, 0.6) is 0 Å². The van der Waals surface area contributed by atoms with Gasteiger partial charge in [-0.25, -0.2) is 0 Å². The van der Waals surface area contributed by atoms with E-state index < -0.39 is 0 Å². The maximum atomic E-state index is 11.9. The van der Waals surface area contributed by atoms with E-state index in [0.29, 0.717) is 17.8 Å². The van der Waals surface area contributed by atoms with E-state index in [-0.39, 0.29) is 23.9 Å². The number of hydrogen-bond donors (Lipinski definition) is 3. The first-order valence-electron chi connectivity index (χ1n) is 7.16. The zero-order valence-corrected chi connectivity index (χ0v) is 13.5. The summed E-state index contributed by atoms with van der Waals surface area (Å²) < 4.78 is 0. The van der Waals surface area contributed by atoms with Gasteiger partial charge in [-0.1, -0.05) is 13.0 Å². The minimum Gasteiger partial charge on any atom is -0.326 e. The topological polar surface area (TPSA) is 70.2 Å². The molecule has 0 bridgehead atoms. The molecule has 1 rings (SSSR count). The predicted octanol–water partition coefficient (Wildman–Crippen LogP) is 2.67. The summed E-state index contributed by atoms with van der Waals surface area (Å²) in [4.78, 5) is 23.3. The van der Waals surface area contributed by atoms with Crippen molar-refractivity contribution in [2.75, 3.05) is 17.2 Å². The van der Waals surface area contributed by atoms with Crippen LogP contribution >= 0.6 is 0 Å². The van der Waals surface area contributed by atoms with Crippen LogP contribution in [0.15, 0.2) is 18.2 Å². The number of nitrogens with one attached hydrogen (secondary N) is 3. The van der Waals surface area contributed by atoms with Crippen LogP contribution in [-0.2, 0) is 9.59 Å². The normalized spacial score (nSPS) is 11.1. The molecule has 1 aromatic carbocycles. The quantitative estimate of drug-likeness (QED) is 0.781. The van der Waals surface area contributed by atoms with Crippen LogP contribution in [0.25, 0.3) is 0 Å². The zero-order chi connectivity index (χ0) is 16.0. The Bertz CT molecular complexity index is 519. The molecule has 0 aliphatic heterocycles. The lowest BCUT2D eigenvalue weighted by Crippen LogP contribution is -2.41. The van der Waals surface area contributed by atoms with Crippen molar-refractivity contribution in [1.82, 2.24) is 5.32 Å². The Hall–Kier alpha value is -1.88. The molecule has 0 aliphatic rings. The van der Waals surface area contributed by atoms with Crippen molar-refractivity contribution in [3.8, 4) is 0 Å². The van der Waals surface area contributed by atoms with E-state index in [2.05, 4.69) is 16.0 Å². The Morgan fingerprint density at radius 3 is 2.33 bits per heavy atom. The summed E-state index contributed by atoms with van der Waals surface area (Å²) >= 11 is 0. The van der Waals surface area contributed by atoms with Gasteiger partial charge in [0.15, 0.2) is 0 Å². The summed E-state index contributed by atoms with van der Waals surface area (Å²) in [7, 11) is 0. The van der Waals surface area contributed by atoms with Crippen LogP contribution in [0.4, 0.5) is 11.4 Å². The van der Waals surface area contributed by atoms with Crippen molar-refractivity contribution < 1.29 is 9.59 Å². The largest absolute Gasteiger partial charge is 0.326 e. The maximum absolute atomic E-state index is 11.9. The fraction of sp³-hybridized carbons (Fsp3) is 0.500. The molecule has 0 aliphatic carbocycles. The lowest BCUT2D eigenvalue weighted by Gasteiger charge is -2.20. The highest BCUT2D eigenvalue weighted by Crippen LogP contribution is 2.20. The summed E-state index contributed by atoms with van der Waals surface area (Å²) in [5.41, 5.74) is 2.24. The maximum Gasteiger partial charge on any atom is 0.238 e. The molecule has 0 spiro atoms. The van der Waals surface area contributed by atoms with E-state index in [9.17, 15) is 9.59 Å². The number of amides is 2. The first-order valence-corrected chi connectivity index (χ1v) is 7.16. The number of benzene rings is 1. The van der Waals surface area contributed by atoms with E-state index in [1.165, 1.54) is 0 Å². The van der Waals surface area contributed by atoms with Crippen molar-refractivity contribution in [2.24, 2.45) is 0 Å². The Balaban J connectivity index is 2.71. The summed E-state index contributed by atoms with van der Waals surface area (Å²) in [6.45, 7) is 9.97. The van der Waals surface area contributed by atoms with E-state index in [1.54, 1.807) is 13.0 Å². The van der Waals surface area contributed by atoms with Crippen molar-refractivity contribution >= 4 is 23.2 Å². The van der Waals surface area contributed by atoms with Gasteiger partial charge in [0.05, 0.1) is 6.54 Å². The van der Waals surface area contributed by atoms with Crippen LogP contribution in [-0.4, -0.2) is 23.9 Å². The molecule has 116 valence electrons. The molecule has 0 heterocycles. The molecule has 0 radical (unpaired) electrons. The molecule has 2 amide bonds. The molecule has 21 heavy (non-hydrogen) atoms. The third-order valence-corrected chi connectivity index (χ3v) is 2.90. The SMILES string of the molecule is CCC(=O)Nc1ccc(C)c(NC(=O)CNC(C)(C)C)c1. The second-order valence-corrected chi connectivity index (χ2v) is 6.08. The molecule has 5 nitrogen and oxygen atoms in total. The van der Waals surface area contributed by atoms with E-state index in [4.69, 9.17) is 0 Å². The highest BCUT2D eigenvalue weighted by atomic mass is 16.2. The number of carbonyl (C=O) groups excluding carboxylic acids is 2. The van der Waals surface area contributed by atoms with Crippen molar-refractivity contribution in [2.45, 2.75) is 46.6 Å². The number of anilines is 2. The molecule has 0 unspecified atom stereocenters. The minimum absolute atomic E-state index is 0.0504. The fourth-order valence-electron chi connectivity index (χ4n) is 1.62. The Morgan fingerprint density at radius 1 is 1.10 bits per heavy atom. The van der Waals surface area contributed by atoms with Crippen LogP contribution in [0.3, 0.4) is 0 Å². The zero-order valence-electron chi connectivity index (χ0n) is 13.5. The highest BCUT2D eigenvalue weighted by Gasteiger charge is 2.12. The van der Waals surface area contributed by atoms with Gasteiger partial charge in [-0.2, -0.15) is 0 Å². The molecule has 1 aromatic rings. The Kier molecular flexibility index (Phi) is 5.90. The lowest BCUT2D eigenvalue weighted by molar-refractivity contribution is -0.116. The van der Waals surface area contributed by atoms with Crippen molar-refractivity contribution in [1.29, 1.82) is 0 Å². The van der Waals surface area contributed by atoms with Crippen molar-refractivity contribution in [3.63, 3.8) is 0 Å². The first-order chi connectivity index (χ1) is 9.71. The molecule has 0 saturated heterocycles. The molecule has 0 fully saturated rings. The van der Waals surface area contributed by atoms with Crippen LogP contribution < -0.4 is 16.0 Å². The molecule has 5 heteroatoms. The van der Waals surface area contributed by atoms with Gasteiger partial charge in [-0.3, -0.25) is 9.59 Å². The summed E-state index contributed by atoms with van der Waals surface area (Å²) in [5, 5.41) is 8.78.